The minimum atomic E-state index is -0.280. The monoisotopic (exact) mass is 245 g/mol. The average molecular weight is 245 g/mol. The molecule has 0 aromatic carbocycles. The van der Waals surface area contributed by atoms with Crippen molar-refractivity contribution in [2.75, 3.05) is 13.2 Å². The summed E-state index contributed by atoms with van der Waals surface area (Å²) in [6, 6.07) is -0.0312. The van der Waals surface area contributed by atoms with Crippen molar-refractivity contribution in [1.29, 1.82) is 0 Å². The van der Waals surface area contributed by atoms with E-state index < -0.39 is 0 Å². The minimum Gasteiger partial charge on any atom is -0.465 e. The van der Waals surface area contributed by atoms with Gasteiger partial charge in [-0.15, -0.1) is 0 Å². The lowest BCUT2D eigenvalue weighted by Crippen LogP contribution is -2.43. The fourth-order valence-electron chi connectivity index (χ4n) is 1.40. The Bertz CT molecular complexity index is 221. The Morgan fingerprint density at radius 3 is 2.29 bits per heavy atom. The first-order valence-electron chi connectivity index (χ1n) is 6.33. The third-order valence-electron chi connectivity index (χ3n) is 2.05. The fourth-order valence-corrected chi connectivity index (χ4v) is 1.40. The quantitative estimate of drug-likeness (QED) is 0.698. The molecule has 0 saturated heterocycles. The van der Waals surface area contributed by atoms with Crippen LogP contribution in [0.1, 0.15) is 48.0 Å². The molecule has 0 radical (unpaired) electrons. The van der Waals surface area contributed by atoms with Crippen molar-refractivity contribution in [3.63, 3.8) is 0 Å². The first-order valence-corrected chi connectivity index (χ1v) is 6.33. The van der Waals surface area contributed by atoms with Gasteiger partial charge in [0.25, 0.3) is 0 Å². The Hall–Kier alpha value is -0.610. The van der Waals surface area contributed by atoms with E-state index in [1.54, 1.807) is 0 Å². The number of carbonyl (C=O) groups is 1. The summed E-state index contributed by atoms with van der Waals surface area (Å²) in [7, 11) is 0. The number of ether oxygens (including phenoxy) is 2. The Balaban J connectivity index is 4.15. The van der Waals surface area contributed by atoms with Gasteiger partial charge in [-0.25, -0.2) is 0 Å². The van der Waals surface area contributed by atoms with Gasteiger partial charge in [-0.2, -0.15) is 0 Å². The third-order valence-corrected chi connectivity index (χ3v) is 2.05. The number of hydrogen-bond donors (Lipinski definition) is 1. The summed E-state index contributed by atoms with van der Waals surface area (Å²) in [6.45, 7) is 12.8. The first kappa shape index (κ1) is 16.4. The molecule has 0 spiro atoms. The summed E-state index contributed by atoms with van der Waals surface area (Å²) >= 11 is 0. The molecule has 0 rings (SSSR count). The molecule has 4 heteroatoms. The van der Waals surface area contributed by atoms with Crippen LogP contribution >= 0.6 is 0 Å². The normalized spacial score (nSPS) is 13.8. The van der Waals surface area contributed by atoms with E-state index in [0.717, 1.165) is 0 Å². The summed E-state index contributed by atoms with van der Waals surface area (Å²) in [5, 5.41) is 3.20. The van der Waals surface area contributed by atoms with Crippen LogP contribution in [-0.4, -0.2) is 36.9 Å². The van der Waals surface area contributed by atoms with Crippen molar-refractivity contribution in [3.05, 3.63) is 0 Å². The molecule has 4 nitrogen and oxygen atoms in total. The van der Waals surface area contributed by atoms with E-state index in [0.29, 0.717) is 19.6 Å². The average Bonchev–Trinajstić information content (AvgIpc) is 2.14. The lowest BCUT2D eigenvalue weighted by molar-refractivity contribution is -0.146. The highest BCUT2D eigenvalue weighted by Gasteiger charge is 2.21. The van der Waals surface area contributed by atoms with Crippen LogP contribution in [0.3, 0.4) is 0 Å². The Labute approximate surface area is 105 Å². The molecule has 0 bridgehead atoms. The van der Waals surface area contributed by atoms with Gasteiger partial charge in [-0.05, 0) is 34.1 Å². The molecule has 17 heavy (non-hydrogen) atoms. The Morgan fingerprint density at radius 2 is 1.88 bits per heavy atom. The van der Waals surface area contributed by atoms with Crippen molar-refractivity contribution in [2.24, 2.45) is 0 Å². The van der Waals surface area contributed by atoms with Crippen LogP contribution in [0.2, 0.25) is 0 Å². The summed E-state index contributed by atoms with van der Waals surface area (Å²) in [4.78, 5) is 11.7. The maximum atomic E-state index is 11.7. The van der Waals surface area contributed by atoms with Crippen LogP contribution < -0.4 is 5.32 Å². The molecule has 0 amide bonds. The Morgan fingerprint density at radius 1 is 1.29 bits per heavy atom. The van der Waals surface area contributed by atoms with Gasteiger partial charge in [0, 0.05) is 12.6 Å². The van der Waals surface area contributed by atoms with Crippen molar-refractivity contribution < 1.29 is 14.3 Å². The van der Waals surface area contributed by atoms with Crippen LogP contribution in [0.25, 0.3) is 0 Å². The summed E-state index contributed by atoms with van der Waals surface area (Å²) < 4.78 is 10.7. The predicted octanol–water partition coefficient (Wildman–Crippen LogP) is 2.12. The Kier molecular flexibility index (Phi) is 7.39. The molecule has 0 aliphatic rings. The van der Waals surface area contributed by atoms with E-state index in [-0.39, 0.29) is 23.7 Å². The van der Waals surface area contributed by atoms with E-state index in [1.165, 1.54) is 0 Å². The smallest absolute Gasteiger partial charge is 0.323 e. The van der Waals surface area contributed by atoms with Gasteiger partial charge < -0.3 is 14.8 Å². The van der Waals surface area contributed by atoms with Crippen LogP contribution in [0, 0.1) is 0 Å². The van der Waals surface area contributed by atoms with Gasteiger partial charge in [0.05, 0.1) is 12.2 Å². The highest BCUT2D eigenvalue weighted by atomic mass is 16.5. The zero-order valence-electron chi connectivity index (χ0n) is 12.0. The minimum absolute atomic E-state index is 0.170. The molecule has 0 aromatic rings. The lowest BCUT2D eigenvalue weighted by atomic mass is 10.1. The zero-order chi connectivity index (χ0) is 13.5. The van der Waals surface area contributed by atoms with E-state index in [2.05, 4.69) is 5.32 Å². The second kappa shape index (κ2) is 7.67. The van der Waals surface area contributed by atoms with E-state index in [9.17, 15) is 4.79 Å². The SMILES string of the molecule is CCOC(=O)C(CCOC(C)(C)C)NC(C)C. The number of nitrogens with one attached hydrogen (secondary N) is 1. The number of carbonyl (C=O) groups excluding carboxylic acids is 1. The molecule has 102 valence electrons. The van der Waals surface area contributed by atoms with E-state index in [4.69, 9.17) is 9.47 Å². The van der Waals surface area contributed by atoms with Gasteiger partial charge >= 0.3 is 5.97 Å². The van der Waals surface area contributed by atoms with Crippen molar-refractivity contribution in [3.8, 4) is 0 Å². The maximum Gasteiger partial charge on any atom is 0.323 e. The highest BCUT2D eigenvalue weighted by molar-refractivity contribution is 5.75. The molecule has 0 heterocycles. The highest BCUT2D eigenvalue weighted by Crippen LogP contribution is 2.08. The topological polar surface area (TPSA) is 47.6 Å². The summed E-state index contributed by atoms with van der Waals surface area (Å²) in [5.41, 5.74) is -0.170. The number of hydrogen-bond acceptors (Lipinski definition) is 4. The zero-order valence-corrected chi connectivity index (χ0v) is 12.0. The molecule has 1 unspecified atom stereocenters. The van der Waals surface area contributed by atoms with Crippen molar-refractivity contribution in [1.82, 2.24) is 5.32 Å². The largest absolute Gasteiger partial charge is 0.465 e. The maximum absolute atomic E-state index is 11.7. The molecule has 1 N–H and O–H groups in total. The third kappa shape index (κ3) is 9.12. The predicted molar refractivity (Wildman–Crippen MR) is 69.0 cm³/mol. The molecule has 1 atom stereocenters. The summed E-state index contributed by atoms with van der Waals surface area (Å²) in [6.07, 6.45) is 0.633. The van der Waals surface area contributed by atoms with Crippen LogP contribution in [0.5, 0.6) is 0 Å². The molecule has 0 aromatic heterocycles. The van der Waals surface area contributed by atoms with E-state index in [1.807, 2.05) is 41.5 Å². The second-order valence-corrected chi connectivity index (χ2v) is 5.38. The van der Waals surface area contributed by atoms with Crippen LogP contribution in [-0.2, 0) is 14.3 Å². The second-order valence-electron chi connectivity index (χ2n) is 5.38. The van der Waals surface area contributed by atoms with Gasteiger partial charge in [-0.1, -0.05) is 13.8 Å². The standard InChI is InChI=1S/C13H27NO3/c1-7-16-12(15)11(14-10(2)3)8-9-17-13(4,5)6/h10-11,14H,7-9H2,1-6H3. The first-order chi connectivity index (χ1) is 7.76. The molecule has 0 aliphatic heterocycles. The fraction of sp³-hybridized carbons (Fsp3) is 0.923. The van der Waals surface area contributed by atoms with Gasteiger partial charge in [0.2, 0.25) is 0 Å². The van der Waals surface area contributed by atoms with Crippen molar-refractivity contribution >= 4 is 5.97 Å². The lowest BCUT2D eigenvalue weighted by Gasteiger charge is -2.23. The van der Waals surface area contributed by atoms with Crippen molar-refractivity contribution in [2.45, 2.75) is 65.6 Å². The van der Waals surface area contributed by atoms with Gasteiger partial charge in [-0.3, -0.25) is 4.79 Å². The van der Waals surface area contributed by atoms with Gasteiger partial charge in [0.1, 0.15) is 6.04 Å². The molecular formula is C13H27NO3. The molecule has 0 fully saturated rings. The van der Waals surface area contributed by atoms with E-state index >= 15 is 0 Å². The number of rotatable bonds is 7. The summed E-state index contributed by atoms with van der Waals surface area (Å²) in [5.74, 6) is -0.196. The molecule has 0 aliphatic carbocycles. The number of esters is 1. The van der Waals surface area contributed by atoms with Crippen LogP contribution in [0.4, 0.5) is 0 Å². The van der Waals surface area contributed by atoms with Crippen LogP contribution in [0.15, 0.2) is 0 Å². The van der Waals surface area contributed by atoms with Gasteiger partial charge in [0.15, 0.2) is 0 Å². The molecule has 0 saturated carbocycles. The molecular weight excluding hydrogens is 218 g/mol.